The van der Waals surface area contributed by atoms with Gasteiger partial charge in [0, 0.05) is 5.66 Å². The second-order valence-electron chi connectivity index (χ2n) is 8.72. The van der Waals surface area contributed by atoms with Gasteiger partial charge in [-0.25, -0.2) is 0 Å². The largest absolute Gasteiger partial charge is 0.294 e. The minimum Gasteiger partial charge on any atom is -0.282 e. The summed E-state index contributed by atoms with van der Waals surface area (Å²) in [6.07, 6.45) is 0.920. The number of rotatable bonds is 9. The van der Waals surface area contributed by atoms with Crippen molar-refractivity contribution in [3.8, 4) is 0 Å². The van der Waals surface area contributed by atoms with E-state index in [1.165, 1.54) is 22.2 Å². The highest BCUT2D eigenvalue weighted by Crippen LogP contribution is 2.48. The van der Waals surface area contributed by atoms with Crippen LogP contribution in [0.2, 0.25) is 0 Å². The van der Waals surface area contributed by atoms with Crippen molar-refractivity contribution in [2.45, 2.75) is 35.5 Å². The zero-order chi connectivity index (χ0) is 24.8. The number of hydrogen-bond acceptors (Lipinski definition) is 2. The Kier molecular flexibility index (Phi) is 8.52. The monoisotopic (exact) mass is 520 g/mol. The first-order chi connectivity index (χ1) is 16.8. The highest BCUT2D eigenvalue weighted by atomic mass is 32.2. The molecule has 0 saturated heterocycles. The van der Waals surface area contributed by atoms with Gasteiger partial charge in [-0.05, 0) is 59.8 Å². The SMILES string of the molecule is CC(CC(c1ccccc1)C(P)c1cccc(S(=O)(=O)O)c1)P(c1ccccc1)c1ccccc1. The third-order valence-electron chi connectivity index (χ3n) is 6.31. The Morgan fingerprint density at radius 2 is 1.23 bits per heavy atom. The van der Waals surface area contributed by atoms with Crippen LogP contribution >= 0.6 is 17.2 Å². The first-order valence-electron chi connectivity index (χ1n) is 11.6. The van der Waals surface area contributed by atoms with E-state index < -0.39 is 18.0 Å². The molecule has 0 saturated carbocycles. The average Bonchev–Trinajstić information content (AvgIpc) is 2.88. The molecule has 4 unspecified atom stereocenters. The molecule has 4 atom stereocenters. The molecule has 0 aliphatic heterocycles. The van der Waals surface area contributed by atoms with Crippen molar-refractivity contribution in [1.29, 1.82) is 0 Å². The third-order valence-corrected chi connectivity index (χ3v) is 10.8. The quantitative estimate of drug-likeness (QED) is 0.201. The zero-order valence-electron chi connectivity index (χ0n) is 19.6. The molecule has 35 heavy (non-hydrogen) atoms. The van der Waals surface area contributed by atoms with Gasteiger partial charge in [-0.1, -0.05) is 110 Å². The maximum Gasteiger partial charge on any atom is 0.294 e. The number of hydrogen-bond donors (Lipinski definition) is 1. The average molecular weight is 521 g/mol. The molecule has 0 aliphatic carbocycles. The van der Waals surface area contributed by atoms with Crippen molar-refractivity contribution in [2.24, 2.45) is 0 Å². The Morgan fingerprint density at radius 1 is 0.743 bits per heavy atom. The molecule has 0 fully saturated rings. The predicted molar refractivity (Wildman–Crippen MR) is 151 cm³/mol. The topological polar surface area (TPSA) is 54.4 Å². The molecule has 3 nitrogen and oxygen atoms in total. The maximum atomic E-state index is 11.8. The lowest BCUT2D eigenvalue weighted by Crippen LogP contribution is -2.22. The fraction of sp³-hybridized carbons (Fsp3) is 0.172. The fourth-order valence-electron chi connectivity index (χ4n) is 4.61. The van der Waals surface area contributed by atoms with E-state index in [1.807, 2.05) is 12.1 Å². The molecule has 1 N–H and O–H groups in total. The number of benzene rings is 4. The summed E-state index contributed by atoms with van der Waals surface area (Å²) in [4.78, 5) is -0.0712. The lowest BCUT2D eigenvalue weighted by atomic mass is 9.87. The highest BCUT2D eigenvalue weighted by molar-refractivity contribution is 7.85. The van der Waals surface area contributed by atoms with E-state index in [4.69, 9.17) is 0 Å². The van der Waals surface area contributed by atoms with E-state index >= 15 is 0 Å². The summed E-state index contributed by atoms with van der Waals surface area (Å²) in [6.45, 7) is 2.33. The third kappa shape index (κ3) is 6.46. The van der Waals surface area contributed by atoms with Crippen LogP contribution in [0.15, 0.2) is 120 Å². The molecule has 0 aromatic heterocycles. The molecule has 0 heterocycles. The second kappa shape index (κ2) is 11.6. The highest BCUT2D eigenvalue weighted by Gasteiger charge is 2.29. The lowest BCUT2D eigenvalue weighted by Gasteiger charge is -2.32. The van der Waals surface area contributed by atoms with E-state index in [-0.39, 0.29) is 16.5 Å². The van der Waals surface area contributed by atoms with Gasteiger partial charge in [-0.2, -0.15) is 8.42 Å². The van der Waals surface area contributed by atoms with Crippen LogP contribution in [0.3, 0.4) is 0 Å². The van der Waals surface area contributed by atoms with Crippen molar-refractivity contribution < 1.29 is 13.0 Å². The molecule has 0 radical (unpaired) electrons. The Labute approximate surface area is 212 Å². The van der Waals surface area contributed by atoms with Crippen LogP contribution in [-0.2, 0) is 10.1 Å². The smallest absolute Gasteiger partial charge is 0.282 e. The molecule has 6 heteroatoms. The van der Waals surface area contributed by atoms with Gasteiger partial charge in [0.15, 0.2) is 0 Å². The van der Waals surface area contributed by atoms with Crippen molar-refractivity contribution in [2.75, 3.05) is 0 Å². The maximum absolute atomic E-state index is 11.8. The summed E-state index contributed by atoms with van der Waals surface area (Å²) in [6, 6.07) is 38.5. The van der Waals surface area contributed by atoms with Gasteiger partial charge in [-0.15, -0.1) is 9.24 Å². The molecule has 0 bridgehead atoms. The predicted octanol–water partition coefficient (Wildman–Crippen LogP) is 6.54. The Hall–Kier alpha value is -2.35. The summed E-state index contributed by atoms with van der Waals surface area (Å²) in [7, 11) is -1.93. The Morgan fingerprint density at radius 3 is 1.74 bits per heavy atom. The van der Waals surface area contributed by atoms with E-state index in [0.717, 1.165) is 12.0 Å². The minimum absolute atomic E-state index is 0.0232. The van der Waals surface area contributed by atoms with Crippen molar-refractivity contribution >= 4 is 37.9 Å². The zero-order valence-corrected chi connectivity index (χ0v) is 22.5. The molecular weight excluding hydrogens is 490 g/mol. The second-order valence-corrected chi connectivity index (χ2v) is 13.5. The van der Waals surface area contributed by atoms with Gasteiger partial charge in [-0.3, -0.25) is 4.55 Å². The summed E-state index contributed by atoms with van der Waals surface area (Å²) in [5.41, 5.74) is 2.43. The summed E-state index contributed by atoms with van der Waals surface area (Å²) >= 11 is 0. The normalized spacial score (nSPS) is 14.4. The van der Waals surface area contributed by atoms with Gasteiger partial charge < -0.3 is 0 Å². The standard InChI is InChI=1S/C29H30O3P2S/c1-22(34(25-15-7-3-8-16-25)26-17-9-4-10-18-26)20-28(23-12-5-2-6-13-23)29(33)24-14-11-19-27(21-24)35(30,31)32/h2-19,21-22,28-29H,20,33H2,1H3,(H,30,31,32). The molecule has 0 aliphatic rings. The molecule has 0 amide bonds. The summed E-state index contributed by atoms with van der Waals surface area (Å²) < 4.78 is 33.1. The van der Waals surface area contributed by atoms with Crippen LogP contribution in [0.25, 0.3) is 0 Å². The lowest BCUT2D eigenvalue weighted by molar-refractivity contribution is 0.483. The van der Waals surface area contributed by atoms with Gasteiger partial charge in [0.1, 0.15) is 0 Å². The van der Waals surface area contributed by atoms with E-state index in [0.29, 0.717) is 5.66 Å². The van der Waals surface area contributed by atoms with Crippen LogP contribution in [0, 0.1) is 0 Å². The Bertz CT molecular complexity index is 1290. The minimum atomic E-state index is -4.26. The molecule has 0 spiro atoms. The summed E-state index contributed by atoms with van der Waals surface area (Å²) in [5.74, 6) is 0.144. The molecule has 4 aromatic rings. The van der Waals surface area contributed by atoms with E-state index in [9.17, 15) is 13.0 Å². The van der Waals surface area contributed by atoms with Gasteiger partial charge in [0.05, 0.1) is 4.90 Å². The van der Waals surface area contributed by atoms with Gasteiger partial charge >= 0.3 is 0 Å². The van der Waals surface area contributed by atoms with Crippen LogP contribution in [-0.4, -0.2) is 18.6 Å². The Balaban J connectivity index is 1.72. The first kappa shape index (κ1) is 25.7. The van der Waals surface area contributed by atoms with Crippen molar-refractivity contribution in [1.82, 2.24) is 0 Å². The van der Waals surface area contributed by atoms with E-state index in [2.05, 4.69) is 101 Å². The van der Waals surface area contributed by atoms with Crippen molar-refractivity contribution in [3.63, 3.8) is 0 Å². The molecule has 180 valence electrons. The molecule has 4 rings (SSSR count). The van der Waals surface area contributed by atoms with Crippen molar-refractivity contribution in [3.05, 3.63) is 126 Å². The summed E-state index contributed by atoms with van der Waals surface area (Å²) in [5, 5.41) is 2.70. The molecule has 4 aromatic carbocycles. The fourth-order valence-corrected chi connectivity index (χ4v) is 8.48. The first-order valence-corrected chi connectivity index (χ1v) is 15.1. The van der Waals surface area contributed by atoms with Crippen LogP contribution < -0.4 is 10.6 Å². The van der Waals surface area contributed by atoms with Gasteiger partial charge in [0.2, 0.25) is 0 Å². The van der Waals surface area contributed by atoms with Crippen LogP contribution in [0.5, 0.6) is 0 Å². The van der Waals surface area contributed by atoms with E-state index in [1.54, 1.807) is 12.1 Å². The van der Waals surface area contributed by atoms with Crippen LogP contribution in [0.1, 0.15) is 36.0 Å². The molecular formula is C29H30O3P2S. The van der Waals surface area contributed by atoms with Crippen LogP contribution in [0.4, 0.5) is 0 Å². The van der Waals surface area contributed by atoms with Gasteiger partial charge in [0.25, 0.3) is 10.1 Å².